The van der Waals surface area contributed by atoms with Crippen LogP contribution >= 0.6 is 11.6 Å². The molecule has 22 heavy (non-hydrogen) atoms. The van der Waals surface area contributed by atoms with E-state index in [0.29, 0.717) is 22.4 Å². The van der Waals surface area contributed by atoms with Crippen LogP contribution in [0.1, 0.15) is 11.5 Å². The molecule has 0 atom stereocenters. The van der Waals surface area contributed by atoms with Crippen LogP contribution in [0.4, 0.5) is 10.1 Å². The number of benzene rings is 2. The Kier molecular flexibility index (Phi) is 4.06. The maximum Gasteiger partial charge on any atom is 0.246 e. The van der Waals surface area contributed by atoms with Gasteiger partial charge >= 0.3 is 0 Å². The molecule has 0 radical (unpaired) electrons. The van der Waals surface area contributed by atoms with Gasteiger partial charge in [0.15, 0.2) is 0 Å². The summed E-state index contributed by atoms with van der Waals surface area (Å²) in [7, 11) is 0. The predicted octanol–water partition coefficient (Wildman–Crippen LogP) is 4.45. The van der Waals surface area contributed by atoms with Crippen molar-refractivity contribution in [1.82, 2.24) is 10.1 Å². The van der Waals surface area contributed by atoms with Gasteiger partial charge in [0, 0.05) is 10.6 Å². The summed E-state index contributed by atoms with van der Waals surface area (Å²) >= 11 is 5.84. The lowest BCUT2D eigenvalue weighted by atomic mass is 10.1. The first-order valence-corrected chi connectivity index (χ1v) is 7.08. The summed E-state index contributed by atoms with van der Waals surface area (Å²) in [5.74, 6) is 0.487. The van der Waals surface area contributed by atoms with E-state index in [-0.39, 0.29) is 12.4 Å². The minimum absolute atomic E-state index is 0.218. The third kappa shape index (κ3) is 3.26. The first-order chi connectivity index (χ1) is 10.6. The van der Waals surface area contributed by atoms with Gasteiger partial charge in [0.05, 0.1) is 12.2 Å². The average Bonchev–Trinajstić information content (AvgIpc) is 2.98. The van der Waals surface area contributed by atoms with E-state index in [1.165, 1.54) is 18.2 Å². The van der Waals surface area contributed by atoms with E-state index >= 15 is 0 Å². The van der Waals surface area contributed by atoms with E-state index in [4.69, 9.17) is 16.1 Å². The lowest BCUT2D eigenvalue weighted by Crippen LogP contribution is -2.01. The maximum absolute atomic E-state index is 13.6. The zero-order valence-corrected chi connectivity index (χ0v) is 12.6. The monoisotopic (exact) mass is 317 g/mol. The molecule has 3 aromatic rings. The molecule has 3 rings (SSSR count). The van der Waals surface area contributed by atoms with Crippen LogP contribution in [0.3, 0.4) is 0 Å². The molecule has 0 bridgehead atoms. The Morgan fingerprint density at radius 3 is 2.73 bits per heavy atom. The molecule has 4 nitrogen and oxygen atoms in total. The van der Waals surface area contributed by atoms with Crippen LogP contribution in [0.2, 0.25) is 5.02 Å². The molecule has 0 aliphatic rings. The molecule has 0 spiro atoms. The lowest BCUT2D eigenvalue weighted by Gasteiger charge is -2.04. The van der Waals surface area contributed by atoms with Crippen molar-refractivity contribution in [2.24, 2.45) is 0 Å². The van der Waals surface area contributed by atoms with Crippen LogP contribution in [0.5, 0.6) is 0 Å². The molecule has 1 heterocycles. The number of anilines is 1. The predicted molar refractivity (Wildman–Crippen MR) is 83.2 cm³/mol. The second-order valence-electron chi connectivity index (χ2n) is 4.86. The maximum atomic E-state index is 13.6. The van der Waals surface area contributed by atoms with E-state index in [9.17, 15) is 4.39 Å². The van der Waals surface area contributed by atoms with Gasteiger partial charge in [-0.1, -0.05) is 46.6 Å². The SMILES string of the molecule is Cc1ccc(-c2noc(CNc3cc(Cl)ccc3F)n2)cc1. The van der Waals surface area contributed by atoms with Crippen molar-refractivity contribution in [1.29, 1.82) is 0 Å². The van der Waals surface area contributed by atoms with Gasteiger partial charge in [0.25, 0.3) is 0 Å². The van der Waals surface area contributed by atoms with E-state index in [0.717, 1.165) is 11.1 Å². The van der Waals surface area contributed by atoms with Crippen molar-refractivity contribution in [2.45, 2.75) is 13.5 Å². The van der Waals surface area contributed by atoms with Gasteiger partial charge in [-0.25, -0.2) is 4.39 Å². The quantitative estimate of drug-likeness (QED) is 0.772. The molecule has 1 N–H and O–H groups in total. The van der Waals surface area contributed by atoms with Gasteiger partial charge in [-0.15, -0.1) is 0 Å². The smallest absolute Gasteiger partial charge is 0.246 e. The zero-order chi connectivity index (χ0) is 15.5. The largest absolute Gasteiger partial charge is 0.374 e. The minimum atomic E-state index is -0.386. The van der Waals surface area contributed by atoms with Crippen molar-refractivity contribution < 1.29 is 8.91 Å². The van der Waals surface area contributed by atoms with E-state index in [1.807, 2.05) is 31.2 Å². The Bertz CT molecular complexity index is 786. The van der Waals surface area contributed by atoms with Gasteiger partial charge in [0.1, 0.15) is 5.82 Å². The molecule has 6 heteroatoms. The summed E-state index contributed by atoms with van der Waals surface area (Å²) < 4.78 is 18.8. The van der Waals surface area contributed by atoms with Gasteiger partial charge in [-0.05, 0) is 25.1 Å². The van der Waals surface area contributed by atoms with Crippen LogP contribution in [0.15, 0.2) is 47.0 Å². The second kappa shape index (κ2) is 6.15. The molecule has 0 saturated heterocycles. The summed E-state index contributed by atoms with van der Waals surface area (Å²) in [6, 6.07) is 12.1. The summed E-state index contributed by atoms with van der Waals surface area (Å²) in [6.07, 6.45) is 0. The van der Waals surface area contributed by atoms with Crippen molar-refractivity contribution >= 4 is 17.3 Å². The highest BCUT2D eigenvalue weighted by Crippen LogP contribution is 2.21. The Labute approximate surface area is 131 Å². The highest BCUT2D eigenvalue weighted by molar-refractivity contribution is 6.30. The van der Waals surface area contributed by atoms with Gasteiger partial charge in [-0.2, -0.15) is 4.98 Å². The third-order valence-electron chi connectivity index (χ3n) is 3.14. The lowest BCUT2D eigenvalue weighted by molar-refractivity contribution is 0.384. The van der Waals surface area contributed by atoms with Crippen LogP contribution in [0.25, 0.3) is 11.4 Å². The molecule has 0 saturated carbocycles. The molecule has 112 valence electrons. The first kappa shape index (κ1) is 14.5. The molecular weight excluding hydrogens is 305 g/mol. The summed E-state index contributed by atoms with van der Waals surface area (Å²) in [6.45, 7) is 2.23. The average molecular weight is 318 g/mol. The summed E-state index contributed by atoms with van der Waals surface area (Å²) in [5, 5.41) is 7.26. The minimum Gasteiger partial charge on any atom is -0.374 e. The number of nitrogens with one attached hydrogen (secondary N) is 1. The highest BCUT2D eigenvalue weighted by atomic mass is 35.5. The topological polar surface area (TPSA) is 51.0 Å². The van der Waals surface area contributed by atoms with Gasteiger partial charge < -0.3 is 9.84 Å². The van der Waals surface area contributed by atoms with Crippen LogP contribution in [0, 0.1) is 12.7 Å². The van der Waals surface area contributed by atoms with Gasteiger partial charge in [0.2, 0.25) is 11.7 Å². The number of rotatable bonds is 4. The highest BCUT2D eigenvalue weighted by Gasteiger charge is 2.09. The van der Waals surface area contributed by atoms with Gasteiger partial charge in [-0.3, -0.25) is 0 Å². The first-order valence-electron chi connectivity index (χ1n) is 6.70. The molecule has 2 aromatic carbocycles. The number of aromatic nitrogens is 2. The molecule has 0 aliphatic carbocycles. The summed E-state index contributed by atoms with van der Waals surface area (Å²) in [5.41, 5.74) is 2.32. The van der Waals surface area contributed by atoms with Crippen molar-refractivity contribution in [3.05, 3.63) is 64.8 Å². The Morgan fingerprint density at radius 1 is 1.18 bits per heavy atom. The molecule has 0 aliphatic heterocycles. The van der Waals surface area contributed by atoms with Crippen LogP contribution < -0.4 is 5.32 Å². The van der Waals surface area contributed by atoms with Crippen molar-refractivity contribution in [3.8, 4) is 11.4 Å². The standard InChI is InChI=1S/C16H13ClFN3O/c1-10-2-4-11(5-3-10)16-20-15(22-21-16)9-19-14-8-12(17)6-7-13(14)18/h2-8,19H,9H2,1H3. The molecule has 0 unspecified atom stereocenters. The van der Waals surface area contributed by atoms with Crippen molar-refractivity contribution in [2.75, 3.05) is 5.32 Å². The Balaban J connectivity index is 1.72. The van der Waals surface area contributed by atoms with Crippen LogP contribution in [-0.2, 0) is 6.54 Å². The fourth-order valence-corrected chi connectivity index (χ4v) is 2.12. The zero-order valence-electron chi connectivity index (χ0n) is 11.8. The second-order valence-corrected chi connectivity index (χ2v) is 5.29. The van der Waals surface area contributed by atoms with Crippen molar-refractivity contribution in [3.63, 3.8) is 0 Å². The molecule has 0 fully saturated rings. The Hall–Kier alpha value is -2.40. The number of hydrogen-bond donors (Lipinski definition) is 1. The fourth-order valence-electron chi connectivity index (χ4n) is 1.95. The molecular formula is C16H13ClFN3O. The molecule has 0 amide bonds. The number of nitrogens with zero attached hydrogens (tertiary/aromatic N) is 2. The van der Waals surface area contributed by atoms with E-state index in [1.54, 1.807) is 0 Å². The number of halogens is 2. The molecule has 1 aromatic heterocycles. The fraction of sp³-hybridized carbons (Fsp3) is 0.125. The third-order valence-corrected chi connectivity index (χ3v) is 3.37. The number of aryl methyl sites for hydroxylation is 1. The Morgan fingerprint density at radius 2 is 1.95 bits per heavy atom. The van der Waals surface area contributed by atoms with Crippen LogP contribution in [-0.4, -0.2) is 10.1 Å². The summed E-state index contributed by atoms with van der Waals surface area (Å²) in [4.78, 5) is 4.28. The normalized spacial score (nSPS) is 10.7. The number of hydrogen-bond acceptors (Lipinski definition) is 4. The van der Waals surface area contributed by atoms with E-state index in [2.05, 4.69) is 15.5 Å². The van der Waals surface area contributed by atoms with E-state index < -0.39 is 0 Å².